The summed E-state index contributed by atoms with van der Waals surface area (Å²) in [6, 6.07) is 7.27. The zero-order chi connectivity index (χ0) is 18.7. The lowest BCUT2D eigenvalue weighted by Gasteiger charge is -2.16. The number of ether oxygens (including phenoxy) is 2. The summed E-state index contributed by atoms with van der Waals surface area (Å²) in [5, 5.41) is 3.26. The van der Waals surface area contributed by atoms with Gasteiger partial charge in [-0.3, -0.25) is 9.59 Å². The molecule has 1 aromatic heterocycles. The third kappa shape index (κ3) is 3.36. The standard InChI is InChI=1S/C16H16N2O7S/c1-17-15(19)16(20)18-8-14(12-3-2-6-23-12)26(21,22)10-4-5-11-13(7-10)25-9-24-11/h2-7,14H,8-9H2,1H3,(H,17,19)(H,18,20)/t14-/m0/s1. The van der Waals surface area contributed by atoms with Crippen LogP contribution in [0.1, 0.15) is 11.0 Å². The van der Waals surface area contributed by atoms with Crippen LogP contribution in [0.5, 0.6) is 11.5 Å². The molecule has 10 heteroatoms. The topological polar surface area (TPSA) is 124 Å². The Bertz CT molecular complexity index is 922. The predicted molar refractivity (Wildman–Crippen MR) is 88.3 cm³/mol. The quantitative estimate of drug-likeness (QED) is 0.719. The Balaban J connectivity index is 1.90. The highest BCUT2D eigenvalue weighted by Crippen LogP contribution is 2.37. The number of hydrogen-bond acceptors (Lipinski definition) is 7. The van der Waals surface area contributed by atoms with Crippen molar-refractivity contribution >= 4 is 21.7 Å². The summed E-state index contributed by atoms with van der Waals surface area (Å²) < 4.78 is 41.8. The summed E-state index contributed by atoms with van der Waals surface area (Å²) in [4.78, 5) is 23.0. The van der Waals surface area contributed by atoms with Gasteiger partial charge in [-0.25, -0.2) is 8.42 Å². The van der Waals surface area contributed by atoms with Gasteiger partial charge in [0.05, 0.1) is 11.2 Å². The molecule has 0 unspecified atom stereocenters. The molecule has 0 radical (unpaired) electrons. The van der Waals surface area contributed by atoms with E-state index in [1.54, 1.807) is 0 Å². The number of nitrogens with one attached hydrogen (secondary N) is 2. The number of carbonyl (C=O) groups excluding carboxylic acids is 2. The normalized spacial score (nSPS) is 13.9. The van der Waals surface area contributed by atoms with Gasteiger partial charge in [-0.2, -0.15) is 0 Å². The second-order valence-corrected chi connectivity index (χ2v) is 7.48. The van der Waals surface area contributed by atoms with Crippen molar-refractivity contribution in [1.29, 1.82) is 0 Å². The molecule has 2 heterocycles. The van der Waals surface area contributed by atoms with Gasteiger partial charge in [-0.15, -0.1) is 0 Å². The Hall–Kier alpha value is -3.01. The van der Waals surface area contributed by atoms with Crippen LogP contribution in [0.4, 0.5) is 0 Å². The zero-order valence-corrected chi connectivity index (χ0v) is 14.5. The van der Waals surface area contributed by atoms with Gasteiger partial charge < -0.3 is 24.5 Å². The maximum Gasteiger partial charge on any atom is 0.309 e. The molecule has 1 aromatic carbocycles. The second kappa shape index (κ2) is 7.08. The van der Waals surface area contributed by atoms with E-state index in [0.717, 1.165) is 0 Å². The van der Waals surface area contributed by atoms with Gasteiger partial charge in [0.2, 0.25) is 6.79 Å². The Morgan fingerprint density at radius 2 is 1.92 bits per heavy atom. The monoisotopic (exact) mass is 380 g/mol. The fourth-order valence-corrected chi connectivity index (χ4v) is 4.04. The van der Waals surface area contributed by atoms with Crippen molar-refractivity contribution < 1.29 is 31.9 Å². The van der Waals surface area contributed by atoms with E-state index in [1.165, 1.54) is 43.6 Å². The summed E-state index contributed by atoms with van der Waals surface area (Å²) in [5.41, 5.74) is 0. The van der Waals surface area contributed by atoms with Gasteiger partial charge in [0.1, 0.15) is 11.0 Å². The van der Waals surface area contributed by atoms with Gasteiger partial charge in [-0.05, 0) is 24.3 Å². The number of carbonyl (C=O) groups is 2. The Morgan fingerprint density at radius 3 is 2.62 bits per heavy atom. The largest absolute Gasteiger partial charge is 0.468 e. The maximum absolute atomic E-state index is 13.1. The lowest BCUT2D eigenvalue weighted by atomic mass is 10.3. The fourth-order valence-electron chi connectivity index (χ4n) is 2.44. The summed E-state index contributed by atoms with van der Waals surface area (Å²) in [7, 11) is -2.65. The van der Waals surface area contributed by atoms with Gasteiger partial charge in [0.15, 0.2) is 21.3 Å². The average molecular weight is 380 g/mol. The molecule has 2 amide bonds. The molecule has 0 saturated carbocycles. The first kappa shape index (κ1) is 17.8. The van der Waals surface area contributed by atoms with Gasteiger partial charge in [0.25, 0.3) is 0 Å². The molecular weight excluding hydrogens is 364 g/mol. The van der Waals surface area contributed by atoms with Crippen molar-refractivity contribution in [3.05, 3.63) is 42.4 Å². The maximum atomic E-state index is 13.1. The van der Waals surface area contributed by atoms with Crippen LogP contribution in [0.2, 0.25) is 0 Å². The van der Waals surface area contributed by atoms with E-state index in [1.807, 2.05) is 0 Å². The van der Waals surface area contributed by atoms with Crippen LogP contribution in [0.3, 0.4) is 0 Å². The van der Waals surface area contributed by atoms with E-state index in [9.17, 15) is 18.0 Å². The molecule has 2 N–H and O–H groups in total. The number of rotatable bonds is 5. The summed E-state index contributed by atoms with van der Waals surface area (Å²) in [6.45, 7) is -0.320. The molecule has 1 aliphatic heterocycles. The SMILES string of the molecule is CNC(=O)C(=O)NC[C@@H](c1ccco1)S(=O)(=O)c1ccc2c(c1)OCO2. The second-order valence-electron chi connectivity index (χ2n) is 5.35. The minimum atomic E-state index is -3.95. The zero-order valence-electron chi connectivity index (χ0n) is 13.7. The van der Waals surface area contributed by atoms with Crippen molar-refractivity contribution in [2.45, 2.75) is 10.1 Å². The number of amides is 2. The Kier molecular flexibility index (Phi) is 4.85. The molecular formula is C16H16N2O7S. The molecule has 1 aliphatic rings. The molecule has 138 valence electrons. The van der Waals surface area contributed by atoms with E-state index >= 15 is 0 Å². The molecule has 0 bridgehead atoms. The summed E-state index contributed by atoms with van der Waals surface area (Å²) >= 11 is 0. The summed E-state index contributed by atoms with van der Waals surface area (Å²) in [6.07, 6.45) is 1.33. The van der Waals surface area contributed by atoms with Crippen LogP contribution in [-0.2, 0) is 19.4 Å². The minimum Gasteiger partial charge on any atom is -0.468 e. The predicted octanol–water partition coefficient (Wildman–Crippen LogP) is 0.385. The number of likely N-dealkylation sites (N-methyl/N-ethyl adjacent to an activating group) is 1. The number of sulfone groups is 1. The van der Waals surface area contributed by atoms with E-state index in [-0.39, 0.29) is 24.0 Å². The lowest BCUT2D eigenvalue weighted by molar-refractivity contribution is -0.138. The molecule has 0 spiro atoms. The smallest absolute Gasteiger partial charge is 0.309 e. The highest BCUT2D eigenvalue weighted by Gasteiger charge is 2.33. The molecule has 0 aliphatic carbocycles. The van der Waals surface area contributed by atoms with Crippen molar-refractivity contribution in [1.82, 2.24) is 10.6 Å². The van der Waals surface area contributed by atoms with Crippen molar-refractivity contribution in [3.63, 3.8) is 0 Å². The van der Waals surface area contributed by atoms with Crippen LogP contribution < -0.4 is 20.1 Å². The molecule has 1 atom stereocenters. The van der Waals surface area contributed by atoms with Crippen LogP contribution in [0.25, 0.3) is 0 Å². The number of fused-ring (bicyclic) bond motifs is 1. The van der Waals surface area contributed by atoms with Gasteiger partial charge in [-0.1, -0.05) is 0 Å². The molecule has 2 aromatic rings. The highest BCUT2D eigenvalue weighted by atomic mass is 32.2. The van der Waals surface area contributed by atoms with Gasteiger partial charge in [0, 0.05) is 19.7 Å². The minimum absolute atomic E-state index is 0.0163. The van der Waals surface area contributed by atoms with E-state index in [0.29, 0.717) is 11.5 Å². The third-order valence-electron chi connectivity index (χ3n) is 3.79. The lowest BCUT2D eigenvalue weighted by Crippen LogP contribution is -2.40. The van der Waals surface area contributed by atoms with Crippen molar-refractivity contribution in [2.75, 3.05) is 20.4 Å². The van der Waals surface area contributed by atoms with Crippen molar-refractivity contribution in [2.24, 2.45) is 0 Å². The molecule has 0 saturated heterocycles. The van der Waals surface area contributed by atoms with Gasteiger partial charge >= 0.3 is 11.8 Å². The van der Waals surface area contributed by atoms with Crippen LogP contribution in [0.15, 0.2) is 45.9 Å². The number of benzene rings is 1. The van der Waals surface area contributed by atoms with E-state index in [2.05, 4.69) is 10.6 Å². The fraction of sp³-hybridized carbons (Fsp3) is 0.250. The first-order valence-corrected chi connectivity index (χ1v) is 9.15. The van der Waals surface area contributed by atoms with Crippen LogP contribution in [-0.4, -0.2) is 40.6 Å². The molecule has 9 nitrogen and oxygen atoms in total. The average Bonchev–Trinajstić information content (AvgIpc) is 3.31. The Morgan fingerprint density at radius 1 is 1.15 bits per heavy atom. The molecule has 0 fully saturated rings. The van der Waals surface area contributed by atoms with Crippen LogP contribution >= 0.6 is 0 Å². The van der Waals surface area contributed by atoms with Crippen LogP contribution in [0, 0.1) is 0 Å². The molecule has 26 heavy (non-hydrogen) atoms. The first-order chi connectivity index (χ1) is 12.4. The van der Waals surface area contributed by atoms with E-state index < -0.39 is 26.9 Å². The van der Waals surface area contributed by atoms with E-state index in [4.69, 9.17) is 13.9 Å². The number of hydrogen-bond donors (Lipinski definition) is 2. The Labute approximate surface area is 149 Å². The molecule has 3 rings (SSSR count). The first-order valence-electron chi connectivity index (χ1n) is 7.60. The highest BCUT2D eigenvalue weighted by molar-refractivity contribution is 7.91. The van der Waals surface area contributed by atoms with Crippen molar-refractivity contribution in [3.8, 4) is 11.5 Å². The summed E-state index contributed by atoms with van der Waals surface area (Å²) in [5.74, 6) is -0.904. The third-order valence-corrected chi connectivity index (χ3v) is 5.85. The number of furan rings is 1.